The molecule has 2 amide bonds. The first-order valence-corrected chi connectivity index (χ1v) is 7.08. The van der Waals surface area contributed by atoms with E-state index in [1.54, 1.807) is 0 Å². The number of hydrogen-bond acceptors (Lipinski definition) is 2. The van der Waals surface area contributed by atoms with Crippen LogP contribution in [0.15, 0.2) is 18.2 Å². The summed E-state index contributed by atoms with van der Waals surface area (Å²) < 4.78 is 0. The molecule has 1 aromatic heterocycles. The van der Waals surface area contributed by atoms with E-state index in [0.717, 1.165) is 28.2 Å². The number of nitrogens with one attached hydrogen (secondary N) is 3. The predicted molar refractivity (Wildman–Crippen MR) is 85.5 cm³/mol. The Hall–Kier alpha value is -2.30. The van der Waals surface area contributed by atoms with Crippen molar-refractivity contribution in [2.75, 3.05) is 5.32 Å². The summed E-state index contributed by atoms with van der Waals surface area (Å²) >= 11 is 0. The normalized spacial score (nSPS) is 10.8. The molecule has 5 heteroatoms. The molecule has 3 N–H and O–H groups in total. The lowest BCUT2D eigenvalue weighted by Crippen LogP contribution is -2.34. The second-order valence-electron chi connectivity index (χ2n) is 5.64. The van der Waals surface area contributed by atoms with Gasteiger partial charge in [-0.05, 0) is 40.2 Å². The molecule has 0 aliphatic carbocycles. The molecule has 0 fully saturated rings. The maximum Gasteiger partial charge on any atom is 0.319 e. The maximum atomic E-state index is 11.9. The fourth-order valence-corrected chi connectivity index (χ4v) is 2.27. The number of aryl methyl sites for hydroxylation is 3. The highest BCUT2D eigenvalue weighted by Gasteiger charge is 2.16. The molecule has 2 rings (SSSR count). The molecule has 0 saturated carbocycles. The molecule has 0 spiro atoms. The Balaban J connectivity index is 2.36. The Morgan fingerprint density at radius 3 is 2.57 bits per heavy atom. The van der Waals surface area contributed by atoms with E-state index in [2.05, 4.69) is 33.8 Å². The smallest absolute Gasteiger partial charge is 0.319 e. The average Bonchev–Trinajstić information content (AvgIpc) is 2.70. The first kappa shape index (κ1) is 15.1. The van der Waals surface area contributed by atoms with Gasteiger partial charge < -0.3 is 10.6 Å². The summed E-state index contributed by atoms with van der Waals surface area (Å²) in [7, 11) is 0. The van der Waals surface area contributed by atoms with Gasteiger partial charge in [-0.2, -0.15) is 5.10 Å². The first-order chi connectivity index (χ1) is 9.88. The molecule has 1 heterocycles. The number of urea groups is 1. The second kappa shape index (κ2) is 5.99. The van der Waals surface area contributed by atoms with Crippen molar-refractivity contribution < 1.29 is 4.79 Å². The van der Waals surface area contributed by atoms with Gasteiger partial charge in [0.2, 0.25) is 0 Å². The molecule has 112 valence electrons. The number of carbonyl (C=O) groups is 1. The molecular formula is C16H22N4O. The number of rotatable bonds is 3. The number of amides is 2. The van der Waals surface area contributed by atoms with Crippen LogP contribution in [0, 0.1) is 20.8 Å². The van der Waals surface area contributed by atoms with Crippen LogP contribution in [0.4, 0.5) is 10.5 Å². The summed E-state index contributed by atoms with van der Waals surface area (Å²) in [6, 6.07) is 6.05. The summed E-state index contributed by atoms with van der Waals surface area (Å²) in [6.07, 6.45) is 0. The average molecular weight is 286 g/mol. The third-order valence-corrected chi connectivity index (χ3v) is 3.24. The second-order valence-corrected chi connectivity index (χ2v) is 5.64. The quantitative estimate of drug-likeness (QED) is 0.807. The van der Waals surface area contributed by atoms with Gasteiger partial charge >= 0.3 is 6.03 Å². The van der Waals surface area contributed by atoms with Gasteiger partial charge in [-0.3, -0.25) is 5.10 Å². The van der Waals surface area contributed by atoms with Crippen molar-refractivity contribution in [3.63, 3.8) is 0 Å². The van der Waals surface area contributed by atoms with Crippen molar-refractivity contribution in [1.82, 2.24) is 15.5 Å². The summed E-state index contributed by atoms with van der Waals surface area (Å²) in [5.74, 6) is 0. The zero-order valence-corrected chi connectivity index (χ0v) is 13.2. The van der Waals surface area contributed by atoms with E-state index in [0.29, 0.717) is 0 Å². The number of nitrogens with zero attached hydrogens (tertiary/aromatic N) is 1. The molecular weight excluding hydrogens is 264 g/mol. The van der Waals surface area contributed by atoms with Crippen molar-refractivity contribution in [1.29, 1.82) is 0 Å². The molecule has 0 aliphatic heterocycles. The summed E-state index contributed by atoms with van der Waals surface area (Å²) in [4.78, 5) is 11.9. The van der Waals surface area contributed by atoms with Crippen LogP contribution in [0.5, 0.6) is 0 Å². The van der Waals surface area contributed by atoms with Crippen LogP contribution in [-0.2, 0) is 0 Å². The van der Waals surface area contributed by atoms with Crippen molar-refractivity contribution in [3.8, 4) is 11.3 Å². The molecule has 0 saturated heterocycles. The minimum absolute atomic E-state index is 0.0850. The standard InChI is InChI=1S/C16H22N4O/c1-9(2)17-16(21)18-14-12(5)19-20-15(14)13-7-6-10(3)8-11(13)4/h6-9H,1-5H3,(H,19,20)(H2,17,18,21). The summed E-state index contributed by atoms with van der Waals surface area (Å²) in [6.45, 7) is 9.84. The van der Waals surface area contributed by atoms with Crippen LogP contribution in [-0.4, -0.2) is 22.3 Å². The third kappa shape index (κ3) is 3.42. The molecule has 0 aliphatic rings. The van der Waals surface area contributed by atoms with Crippen LogP contribution in [0.2, 0.25) is 0 Å². The van der Waals surface area contributed by atoms with E-state index >= 15 is 0 Å². The highest BCUT2D eigenvalue weighted by atomic mass is 16.2. The SMILES string of the molecule is Cc1ccc(-c2n[nH]c(C)c2NC(=O)NC(C)C)c(C)c1. The van der Waals surface area contributed by atoms with Gasteiger partial charge in [0, 0.05) is 11.6 Å². The van der Waals surface area contributed by atoms with Crippen LogP contribution >= 0.6 is 0 Å². The Morgan fingerprint density at radius 2 is 1.95 bits per heavy atom. The number of aromatic amines is 1. The van der Waals surface area contributed by atoms with E-state index in [-0.39, 0.29) is 12.1 Å². The summed E-state index contributed by atoms with van der Waals surface area (Å²) in [5.41, 5.74) is 5.68. The van der Waals surface area contributed by atoms with Crippen molar-refractivity contribution in [2.45, 2.75) is 40.7 Å². The number of aromatic nitrogens is 2. The predicted octanol–water partition coefficient (Wildman–Crippen LogP) is 3.53. The van der Waals surface area contributed by atoms with E-state index < -0.39 is 0 Å². The zero-order chi connectivity index (χ0) is 15.6. The zero-order valence-electron chi connectivity index (χ0n) is 13.2. The number of H-pyrrole nitrogens is 1. The van der Waals surface area contributed by atoms with E-state index in [1.807, 2.05) is 39.8 Å². The van der Waals surface area contributed by atoms with Crippen LogP contribution in [0.3, 0.4) is 0 Å². The lowest BCUT2D eigenvalue weighted by atomic mass is 10.0. The molecule has 0 radical (unpaired) electrons. The third-order valence-electron chi connectivity index (χ3n) is 3.24. The number of carbonyl (C=O) groups excluding carboxylic acids is 1. The molecule has 5 nitrogen and oxygen atoms in total. The number of benzene rings is 1. The van der Waals surface area contributed by atoms with Crippen LogP contribution in [0.25, 0.3) is 11.3 Å². The summed E-state index contributed by atoms with van der Waals surface area (Å²) in [5, 5.41) is 13.0. The topological polar surface area (TPSA) is 69.8 Å². The molecule has 0 unspecified atom stereocenters. The van der Waals surface area contributed by atoms with Gasteiger partial charge in [0.15, 0.2) is 0 Å². The molecule has 0 atom stereocenters. The van der Waals surface area contributed by atoms with Gasteiger partial charge in [0.05, 0.1) is 11.4 Å². The Kier molecular flexibility index (Phi) is 4.31. The lowest BCUT2D eigenvalue weighted by molar-refractivity contribution is 0.250. The fraction of sp³-hybridized carbons (Fsp3) is 0.375. The van der Waals surface area contributed by atoms with Gasteiger partial charge in [0.1, 0.15) is 5.69 Å². The molecule has 0 bridgehead atoms. The minimum Gasteiger partial charge on any atom is -0.336 e. The van der Waals surface area contributed by atoms with Crippen molar-refractivity contribution >= 4 is 11.7 Å². The Bertz CT molecular complexity index is 658. The van der Waals surface area contributed by atoms with Crippen molar-refractivity contribution in [3.05, 3.63) is 35.0 Å². The number of hydrogen-bond donors (Lipinski definition) is 3. The lowest BCUT2D eigenvalue weighted by Gasteiger charge is -2.12. The number of anilines is 1. The van der Waals surface area contributed by atoms with Crippen LogP contribution in [0.1, 0.15) is 30.7 Å². The molecule has 1 aromatic carbocycles. The minimum atomic E-state index is -0.222. The van der Waals surface area contributed by atoms with Gasteiger partial charge in [0.25, 0.3) is 0 Å². The van der Waals surface area contributed by atoms with E-state index in [9.17, 15) is 4.79 Å². The maximum absolute atomic E-state index is 11.9. The highest BCUT2D eigenvalue weighted by molar-refractivity contribution is 5.94. The largest absolute Gasteiger partial charge is 0.336 e. The Labute approximate surface area is 125 Å². The van der Waals surface area contributed by atoms with Crippen molar-refractivity contribution in [2.24, 2.45) is 0 Å². The fourth-order valence-electron chi connectivity index (χ4n) is 2.27. The molecule has 2 aromatic rings. The first-order valence-electron chi connectivity index (χ1n) is 7.08. The van der Waals surface area contributed by atoms with Gasteiger partial charge in [-0.25, -0.2) is 4.79 Å². The van der Waals surface area contributed by atoms with Gasteiger partial charge in [-0.1, -0.05) is 23.8 Å². The van der Waals surface area contributed by atoms with Gasteiger partial charge in [-0.15, -0.1) is 0 Å². The highest BCUT2D eigenvalue weighted by Crippen LogP contribution is 2.31. The molecule has 21 heavy (non-hydrogen) atoms. The van der Waals surface area contributed by atoms with E-state index in [1.165, 1.54) is 5.56 Å². The van der Waals surface area contributed by atoms with E-state index in [4.69, 9.17) is 0 Å². The van der Waals surface area contributed by atoms with Crippen LogP contribution < -0.4 is 10.6 Å². The monoisotopic (exact) mass is 286 g/mol. The Morgan fingerprint density at radius 1 is 1.24 bits per heavy atom.